The van der Waals surface area contributed by atoms with Gasteiger partial charge in [0.1, 0.15) is 5.75 Å². The molecule has 6 nitrogen and oxygen atoms in total. The number of ether oxygens (including phenoxy) is 2. The van der Waals surface area contributed by atoms with Crippen molar-refractivity contribution < 1.29 is 14.3 Å². The Kier molecular flexibility index (Phi) is 4.52. The van der Waals surface area contributed by atoms with Crippen molar-refractivity contribution in [1.29, 1.82) is 0 Å². The lowest BCUT2D eigenvalue weighted by Gasteiger charge is -2.32. The van der Waals surface area contributed by atoms with E-state index in [1.807, 2.05) is 25.1 Å². The van der Waals surface area contributed by atoms with Gasteiger partial charge in [-0.2, -0.15) is 0 Å². The molecule has 1 heterocycles. The van der Waals surface area contributed by atoms with Gasteiger partial charge in [-0.05, 0) is 43.5 Å². The van der Waals surface area contributed by atoms with Crippen molar-refractivity contribution >= 4 is 11.6 Å². The molecule has 0 bridgehead atoms. The summed E-state index contributed by atoms with van der Waals surface area (Å²) < 4.78 is 10.9. The van der Waals surface area contributed by atoms with E-state index in [1.54, 1.807) is 25.7 Å². The summed E-state index contributed by atoms with van der Waals surface area (Å²) in [6.45, 7) is 1.92. The van der Waals surface area contributed by atoms with Crippen molar-refractivity contribution in [1.82, 2.24) is 9.97 Å². The molecule has 1 N–H and O–H groups in total. The molecular formula is C17H19N3O3. The number of rotatable bonds is 5. The Hall–Kier alpha value is -2.47. The zero-order chi connectivity index (χ0) is 16.2. The molecule has 1 saturated carbocycles. The van der Waals surface area contributed by atoms with E-state index in [0.717, 1.165) is 24.1 Å². The molecule has 1 amide bonds. The quantitative estimate of drug-likeness (QED) is 0.918. The maximum absolute atomic E-state index is 12.1. The average molecular weight is 313 g/mol. The Morgan fingerprint density at radius 3 is 2.78 bits per heavy atom. The van der Waals surface area contributed by atoms with Crippen LogP contribution in [-0.2, 0) is 9.53 Å². The molecule has 1 aliphatic rings. The van der Waals surface area contributed by atoms with Crippen molar-refractivity contribution in [3.63, 3.8) is 0 Å². The van der Waals surface area contributed by atoms with Gasteiger partial charge in [0, 0.05) is 31.1 Å². The molecule has 3 rings (SSSR count). The second kappa shape index (κ2) is 6.75. The molecule has 1 aromatic carbocycles. The highest BCUT2D eigenvalue weighted by atomic mass is 16.5. The van der Waals surface area contributed by atoms with E-state index in [0.29, 0.717) is 11.6 Å². The molecule has 0 unspecified atom stereocenters. The molecule has 0 atom stereocenters. The number of anilines is 1. The number of methoxy groups -OCH3 is 1. The van der Waals surface area contributed by atoms with E-state index in [9.17, 15) is 4.79 Å². The van der Waals surface area contributed by atoms with Crippen LogP contribution in [0, 0.1) is 12.8 Å². The maximum Gasteiger partial charge on any atom is 0.237 e. The Balaban J connectivity index is 1.62. The Morgan fingerprint density at radius 1 is 1.30 bits per heavy atom. The predicted molar refractivity (Wildman–Crippen MR) is 85.4 cm³/mol. The normalized spacial score (nSPS) is 19.7. The average Bonchev–Trinajstić information content (AvgIpc) is 2.50. The summed E-state index contributed by atoms with van der Waals surface area (Å²) in [5, 5.41) is 2.94. The molecule has 0 radical (unpaired) electrons. The molecule has 0 spiro atoms. The lowest BCUT2D eigenvalue weighted by molar-refractivity contribution is -0.127. The third-order valence-electron chi connectivity index (χ3n) is 4.00. The summed E-state index contributed by atoms with van der Waals surface area (Å²) in [5.74, 6) is 1.20. The van der Waals surface area contributed by atoms with Crippen LogP contribution in [0.3, 0.4) is 0 Å². The maximum atomic E-state index is 12.1. The van der Waals surface area contributed by atoms with Crippen LogP contribution in [0.15, 0.2) is 36.8 Å². The highest BCUT2D eigenvalue weighted by Crippen LogP contribution is 2.31. The van der Waals surface area contributed by atoms with Gasteiger partial charge in [-0.3, -0.25) is 9.78 Å². The van der Waals surface area contributed by atoms with E-state index in [4.69, 9.17) is 9.47 Å². The van der Waals surface area contributed by atoms with Gasteiger partial charge in [0.25, 0.3) is 0 Å². The Morgan fingerprint density at radius 2 is 2.13 bits per heavy atom. The van der Waals surface area contributed by atoms with E-state index < -0.39 is 0 Å². The highest BCUT2D eigenvalue weighted by molar-refractivity contribution is 5.93. The fourth-order valence-corrected chi connectivity index (χ4v) is 2.51. The SMILES string of the molecule is COC1CC(C(=O)Nc2ccc(Oc3cnccn3)c(C)c2)C1. The topological polar surface area (TPSA) is 73.3 Å². The van der Waals surface area contributed by atoms with Gasteiger partial charge in [0.15, 0.2) is 0 Å². The minimum absolute atomic E-state index is 0.0378. The Bertz CT molecular complexity index is 685. The van der Waals surface area contributed by atoms with Crippen LogP contribution in [0.25, 0.3) is 0 Å². The number of hydrogen-bond donors (Lipinski definition) is 1. The van der Waals surface area contributed by atoms with Crippen molar-refractivity contribution in [3.8, 4) is 11.6 Å². The van der Waals surface area contributed by atoms with Crippen LogP contribution in [0.5, 0.6) is 11.6 Å². The standard InChI is InChI=1S/C17H19N3O3/c1-11-7-13(20-17(21)12-8-14(9-12)22-2)3-4-15(11)23-16-10-18-5-6-19-16/h3-7,10,12,14H,8-9H2,1-2H3,(H,20,21). The second-order valence-electron chi connectivity index (χ2n) is 5.64. The van der Waals surface area contributed by atoms with Crippen molar-refractivity contribution in [2.24, 2.45) is 5.92 Å². The van der Waals surface area contributed by atoms with Gasteiger partial charge in [0.2, 0.25) is 11.8 Å². The van der Waals surface area contributed by atoms with E-state index >= 15 is 0 Å². The van der Waals surface area contributed by atoms with E-state index in [2.05, 4.69) is 15.3 Å². The summed E-state index contributed by atoms with van der Waals surface area (Å²) in [5.41, 5.74) is 1.68. The lowest BCUT2D eigenvalue weighted by Crippen LogP contribution is -2.38. The first-order valence-corrected chi connectivity index (χ1v) is 7.54. The summed E-state index contributed by atoms with van der Waals surface area (Å²) in [6.07, 6.45) is 6.51. The number of carbonyl (C=O) groups is 1. The summed E-state index contributed by atoms with van der Waals surface area (Å²) in [7, 11) is 1.68. The number of hydrogen-bond acceptors (Lipinski definition) is 5. The van der Waals surface area contributed by atoms with Crippen molar-refractivity contribution in [2.75, 3.05) is 12.4 Å². The number of carbonyl (C=O) groups excluding carboxylic acids is 1. The smallest absolute Gasteiger partial charge is 0.237 e. The summed E-state index contributed by atoms with van der Waals surface area (Å²) in [4.78, 5) is 20.2. The van der Waals surface area contributed by atoms with Gasteiger partial charge >= 0.3 is 0 Å². The Labute approximate surface area is 134 Å². The van der Waals surface area contributed by atoms with Crippen molar-refractivity contribution in [3.05, 3.63) is 42.4 Å². The van der Waals surface area contributed by atoms with Crippen LogP contribution in [0.4, 0.5) is 5.69 Å². The first kappa shape index (κ1) is 15.4. The molecule has 0 aliphatic heterocycles. The monoisotopic (exact) mass is 313 g/mol. The van der Waals surface area contributed by atoms with Crippen LogP contribution < -0.4 is 10.1 Å². The minimum Gasteiger partial charge on any atom is -0.437 e. The van der Waals surface area contributed by atoms with Gasteiger partial charge in [-0.25, -0.2) is 4.98 Å². The van der Waals surface area contributed by atoms with Gasteiger partial charge in [-0.1, -0.05) is 0 Å². The van der Waals surface area contributed by atoms with E-state index in [1.165, 1.54) is 0 Å². The fourth-order valence-electron chi connectivity index (χ4n) is 2.51. The third kappa shape index (κ3) is 3.65. The van der Waals surface area contributed by atoms with Crippen LogP contribution in [0.2, 0.25) is 0 Å². The largest absolute Gasteiger partial charge is 0.437 e. The third-order valence-corrected chi connectivity index (χ3v) is 4.00. The first-order chi connectivity index (χ1) is 11.2. The molecule has 2 aromatic rings. The highest BCUT2D eigenvalue weighted by Gasteiger charge is 2.34. The number of amides is 1. The van der Waals surface area contributed by atoms with Gasteiger partial charge in [0.05, 0.1) is 12.3 Å². The number of aryl methyl sites for hydroxylation is 1. The second-order valence-corrected chi connectivity index (χ2v) is 5.64. The fraction of sp³-hybridized carbons (Fsp3) is 0.353. The molecule has 120 valence electrons. The number of nitrogens with one attached hydrogen (secondary N) is 1. The minimum atomic E-state index is 0.0378. The lowest BCUT2D eigenvalue weighted by atomic mass is 9.81. The summed E-state index contributed by atoms with van der Waals surface area (Å²) >= 11 is 0. The number of aromatic nitrogens is 2. The summed E-state index contributed by atoms with van der Waals surface area (Å²) in [6, 6.07) is 5.53. The first-order valence-electron chi connectivity index (χ1n) is 7.54. The van der Waals surface area contributed by atoms with Crippen LogP contribution >= 0.6 is 0 Å². The van der Waals surface area contributed by atoms with Gasteiger partial charge < -0.3 is 14.8 Å². The zero-order valence-electron chi connectivity index (χ0n) is 13.2. The number of nitrogens with zero attached hydrogens (tertiary/aromatic N) is 2. The number of benzene rings is 1. The molecule has 23 heavy (non-hydrogen) atoms. The zero-order valence-corrected chi connectivity index (χ0v) is 13.2. The predicted octanol–water partition coefficient (Wildman–Crippen LogP) is 2.94. The molecule has 1 aromatic heterocycles. The van der Waals surface area contributed by atoms with Crippen LogP contribution in [-0.4, -0.2) is 29.1 Å². The molecule has 6 heteroatoms. The van der Waals surface area contributed by atoms with E-state index in [-0.39, 0.29) is 17.9 Å². The van der Waals surface area contributed by atoms with Crippen molar-refractivity contribution in [2.45, 2.75) is 25.9 Å². The molecule has 1 aliphatic carbocycles. The molecule has 0 saturated heterocycles. The van der Waals surface area contributed by atoms with Crippen LogP contribution in [0.1, 0.15) is 18.4 Å². The molecule has 1 fully saturated rings. The molecular weight excluding hydrogens is 294 g/mol. The van der Waals surface area contributed by atoms with Gasteiger partial charge in [-0.15, -0.1) is 0 Å².